The molecule has 0 bridgehead atoms. The van der Waals surface area contributed by atoms with Crippen LogP contribution in [0.4, 0.5) is 5.69 Å². The van der Waals surface area contributed by atoms with Crippen molar-refractivity contribution in [1.82, 2.24) is 4.98 Å². The summed E-state index contributed by atoms with van der Waals surface area (Å²) >= 11 is 6.07. The average molecular weight is 555 g/mol. The lowest BCUT2D eigenvalue weighted by atomic mass is 9.78. The van der Waals surface area contributed by atoms with Crippen LogP contribution >= 0.6 is 11.6 Å². The van der Waals surface area contributed by atoms with Crippen LogP contribution in [0.3, 0.4) is 0 Å². The number of rotatable bonds is 3. The monoisotopic (exact) mass is 554 g/mol. The van der Waals surface area contributed by atoms with Crippen molar-refractivity contribution >= 4 is 45.7 Å². The Labute approximate surface area is 238 Å². The van der Waals surface area contributed by atoms with Gasteiger partial charge in [0.15, 0.2) is 11.6 Å². The zero-order chi connectivity index (χ0) is 29.1. The molecular formula is C33H31ClN2O4. The number of benzene rings is 3. The van der Waals surface area contributed by atoms with Gasteiger partial charge in [-0.05, 0) is 53.3 Å². The fourth-order valence-corrected chi connectivity index (χ4v) is 5.33. The number of hydrogen-bond donors (Lipinski definition) is 2. The van der Waals surface area contributed by atoms with E-state index in [0.717, 1.165) is 5.39 Å². The molecule has 1 unspecified atom stereocenters. The van der Waals surface area contributed by atoms with Crippen LogP contribution in [0.25, 0.3) is 10.9 Å². The number of fused-ring (bicyclic) bond motifs is 2. The molecule has 0 saturated heterocycles. The predicted molar refractivity (Wildman–Crippen MR) is 158 cm³/mol. The molecule has 40 heavy (non-hydrogen) atoms. The van der Waals surface area contributed by atoms with Gasteiger partial charge in [0, 0.05) is 38.2 Å². The topological polar surface area (TPSA) is 96.4 Å². The third kappa shape index (κ3) is 4.77. The Morgan fingerprint density at radius 3 is 2.10 bits per heavy atom. The predicted octanol–water partition coefficient (Wildman–Crippen LogP) is 7.60. The average Bonchev–Trinajstić information content (AvgIpc) is 3.11. The number of pyridine rings is 1. The molecule has 1 aromatic heterocycles. The Bertz CT molecular complexity index is 1690. The molecule has 204 valence electrons. The molecule has 2 N–H and O–H groups in total. The Morgan fingerprint density at radius 1 is 0.850 bits per heavy atom. The molecule has 0 radical (unpaired) electrons. The Balaban J connectivity index is 1.55. The van der Waals surface area contributed by atoms with E-state index in [1.807, 2.05) is 47.6 Å². The lowest BCUT2D eigenvalue weighted by Gasteiger charge is -2.28. The Kier molecular flexibility index (Phi) is 6.58. The molecule has 7 heteroatoms. The maximum absolute atomic E-state index is 13.6. The van der Waals surface area contributed by atoms with Gasteiger partial charge in [0.25, 0.3) is 5.91 Å². The highest BCUT2D eigenvalue weighted by molar-refractivity contribution is 6.34. The third-order valence-electron chi connectivity index (χ3n) is 7.31. The van der Waals surface area contributed by atoms with E-state index in [2.05, 4.69) is 5.32 Å². The number of Topliss-reactive ketones (excluding diaryl/α,β-unsaturated/α-hetero) is 2. The number of halogens is 1. The molecular weight excluding hydrogens is 524 g/mol. The van der Waals surface area contributed by atoms with E-state index < -0.39 is 16.7 Å². The molecule has 1 amide bonds. The molecule has 1 aliphatic rings. The summed E-state index contributed by atoms with van der Waals surface area (Å²) in [5, 5.41) is 15.2. The Morgan fingerprint density at radius 2 is 1.48 bits per heavy atom. The van der Waals surface area contributed by atoms with Gasteiger partial charge in [-0.3, -0.25) is 14.4 Å². The normalized spacial score (nSPS) is 15.4. The summed E-state index contributed by atoms with van der Waals surface area (Å²) < 4.78 is 0. The second kappa shape index (κ2) is 9.56. The van der Waals surface area contributed by atoms with Crippen LogP contribution in [0.5, 0.6) is 5.75 Å². The summed E-state index contributed by atoms with van der Waals surface area (Å²) in [5.41, 5.74) is 2.85. The van der Waals surface area contributed by atoms with Crippen molar-refractivity contribution in [3.8, 4) is 5.75 Å². The maximum Gasteiger partial charge on any atom is 0.255 e. The smallest absolute Gasteiger partial charge is 0.255 e. The summed E-state index contributed by atoms with van der Waals surface area (Å²) in [6.07, 6.45) is 0. The van der Waals surface area contributed by atoms with Gasteiger partial charge in [0.1, 0.15) is 11.7 Å². The number of anilines is 1. The number of ketones is 2. The van der Waals surface area contributed by atoms with Crippen LogP contribution in [0, 0.1) is 0 Å². The molecule has 0 spiro atoms. The van der Waals surface area contributed by atoms with E-state index in [0.29, 0.717) is 49.7 Å². The SMILES string of the molecule is CC(C)(C)c1cc(C(=O)Nc2cccc3ccc(C4C(=O)c5ccc(Cl)cc5C4=O)nc23)cc(C(C)(C)C)c1O. The third-order valence-corrected chi connectivity index (χ3v) is 7.55. The summed E-state index contributed by atoms with van der Waals surface area (Å²) in [7, 11) is 0. The van der Waals surface area contributed by atoms with Gasteiger partial charge in [-0.1, -0.05) is 71.3 Å². The molecule has 4 aromatic rings. The minimum Gasteiger partial charge on any atom is -0.507 e. The van der Waals surface area contributed by atoms with Crippen molar-refractivity contribution in [2.24, 2.45) is 0 Å². The highest BCUT2D eigenvalue weighted by Gasteiger charge is 2.40. The Hall–Kier alpha value is -4.03. The molecule has 1 heterocycles. The number of aromatic hydroxyl groups is 1. The first-order valence-corrected chi connectivity index (χ1v) is 13.5. The van der Waals surface area contributed by atoms with Crippen LogP contribution in [0.15, 0.2) is 60.7 Å². The fourth-order valence-electron chi connectivity index (χ4n) is 5.16. The van der Waals surface area contributed by atoms with Crippen molar-refractivity contribution in [1.29, 1.82) is 0 Å². The van der Waals surface area contributed by atoms with Crippen molar-refractivity contribution in [2.45, 2.75) is 58.3 Å². The van der Waals surface area contributed by atoms with Crippen molar-refractivity contribution in [3.63, 3.8) is 0 Å². The molecule has 5 rings (SSSR count). The van der Waals surface area contributed by atoms with Gasteiger partial charge in [0.2, 0.25) is 0 Å². The molecule has 0 aliphatic heterocycles. The van der Waals surface area contributed by atoms with Crippen LogP contribution < -0.4 is 5.32 Å². The standard InChI is InChI=1S/C33H31ClN2O4/c1-32(2,3)22-14-18(15-23(30(22)39)33(4,5)6)31(40)36-25-9-7-8-17-10-13-24(35-27(17)25)26-28(37)20-12-11-19(34)16-21(20)29(26)38/h7-16,26,39H,1-6H3,(H,36,40). The van der Waals surface area contributed by atoms with Crippen LogP contribution in [0.2, 0.25) is 5.02 Å². The number of nitrogens with zero attached hydrogens (tertiary/aromatic N) is 1. The number of nitrogens with one attached hydrogen (secondary N) is 1. The largest absolute Gasteiger partial charge is 0.507 e. The minimum atomic E-state index is -1.07. The number of hydrogen-bond acceptors (Lipinski definition) is 5. The number of phenolic OH excluding ortho intramolecular Hbond substituents is 1. The minimum absolute atomic E-state index is 0.196. The number of amides is 1. The molecule has 1 aliphatic carbocycles. The van der Waals surface area contributed by atoms with Crippen LogP contribution in [-0.4, -0.2) is 27.6 Å². The first-order chi connectivity index (χ1) is 18.7. The zero-order valence-corrected chi connectivity index (χ0v) is 24.1. The van der Waals surface area contributed by atoms with E-state index in [1.165, 1.54) is 6.07 Å². The lowest BCUT2D eigenvalue weighted by molar-refractivity contribution is 0.0887. The zero-order valence-electron chi connectivity index (χ0n) is 23.3. The van der Waals surface area contributed by atoms with Gasteiger partial charge in [-0.2, -0.15) is 0 Å². The van der Waals surface area contributed by atoms with Crippen LogP contribution in [0.1, 0.15) is 95.4 Å². The van der Waals surface area contributed by atoms with Crippen molar-refractivity contribution < 1.29 is 19.5 Å². The van der Waals surface area contributed by atoms with Crippen molar-refractivity contribution in [2.75, 3.05) is 5.32 Å². The second-order valence-electron chi connectivity index (χ2n) is 12.3. The first kappa shape index (κ1) is 27.5. The number of carbonyl (C=O) groups excluding carboxylic acids is 3. The molecule has 0 fully saturated rings. The summed E-state index contributed by atoms with van der Waals surface area (Å²) in [6.45, 7) is 11.9. The van der Waals surface area contributed by atoms with E-state index in [1.54, 1.807) is 48.5 Å². The highest BCUT2D eigenvalue weighted by atomic mass is 35.5. The number of phenols is 1. The molecule has 0 saturated carbocycles. The maximum atomic E-state index is 13.6. The van der Waals surface area contributed by atoms with Gasteiger partial charge >= 0.3 is 0 Å². The van der Waals surface area contributed by atoms with Gasteiger partial charge in [-0.15, -0.1) is 0 Å². The quantitative estimate of drug-likeness (QED) is 0.254. The fraction of sp³-hybridized carbons (Fsp3) is 0.273. The molecule has 1 atom stereocenters. The number of carbonyl (C=O) groups is 3. The van der Waals surface area contributed by atoms with E-state index >= 15 is 0 Å². The second-order valence-corrected chi connectivity index (χ2v) is 12.8. The van der Waals surface area contributed by atoms with E-state index in [4.69, 9.17) is 16.6 Å². The van der Waals surface area contributed by atoms with Crippen LogP contribution in [-0.2, 0) is 10.8 Å². The number of aromatic nitrogens is 1. The molecule has 6 nitrogen and oxygen atoms in total. The summed E-state index contributed by atoms with van der Waals surface area (Å²) in [4.78, 5) is 44.7. The first-order valence-electron chi connectivity index (χ1n) is 13.1. The highest BCUT2D eigenvalue weighted by Crippen LogP contribution is 2.40. The molecule has 3 aromatic carbocycles. The summed E-state index contributed by atoms with van der Waals surface area (Å²) in [6, 6.07) is 17.0. The van der Waals surface area contributed by atoms with Crippen molar-refractivity contribution in [3.05, 3.63) is 99.2 Å². The van der Waals surface area contributed by atoms with Gasteiger partial charge < -0.3 is 10.4 Å². The van der Waals surface area contributed by atoms with Gasteiger partial charge in [-0.25, -0.2) is 4.98 Å². The number of para-hydroxylation sites is 1. The summed E-state index contributed by atoms with van der Waals surface area (Å²) in [5.74, 6) is -1.89. The lowest BCUT2D eigenvalue weighted by Crippen LogP contribution is -2.21. The van der Waals surface area contributed by atoms with E-state index in [9.17, 15) is 19.5 Å². The van der Waals surface area contributed by atoms with Gasteiger partial charge in [0.05, 0.1) is 16.9 Å². The van der Waals surface area contributed by atoms with E-state index in [-0.39, 0.29) is 23.2 Å².